The van der Waals surface area contributed by atoms with Gasteiger partial charge in [0.15, 0.2) is 5.76 Å². The van der Waals surface area contributed by atoms with Gasteiger partial charge in [0.25, 0.3) is 0 Å². The van der Waals surface area contributed by atoms with Gasteiger partial charge in [0.2, 0.25) is 5.78 Å². The monoisotopic (exact) mass is 352 g/mol. The fourth-order valence-corrected chi connectivity index (χ4v) is 3.22. The molecule has 0 radical (unpaired) electrons. The Labute approximate surface area is 151 Å². The quantitative estimate of drug-likeness (QED) is 0.858. The van der Waals surface area contributed by atoms with E-state index in [2.05, 4.69) is 0 Å². The van der Waals surface area contributed by atoms with Crippen LogP contribution < -0.4 is 14.2 Å². The molecule has 2 aromatic rings. The van der Waals surface area contributed by atoms with Gasteiger partial charge in [-0.3, -0.25) is 4.79 Å². The lowest BCUT2D eigenvalue weighted by molar-refractivity contribution is -0.0229. The Balaban J connectivity index is 1.65. The minimum atomic E-state index is -0.976. The first-order valence-electron chi connectivity index (χ1n) is 8.50. The maximum absolute atomic E-state index is 12.7. The zero-order valence-corrected chi connectivity index (χ0v) is 14.9. The van der Waals surface area contributed by atoms with Crippen LogP contribution in [0.5, 0.6) is 17.2 Å². The number of hydrogen-bond acceptors (Lipinski definition) is 5. The van der Waals surface area contributed by atoms with Crippen LogP contribution in [0.4, 0.5) is 0 Å². The molecular weight excluding hydrogens is 332 g/mol. The van der Waals surface area contributed by atoms with E-state index in [1.165, 1.54) is 0 Å². The number of hydrogen-bond donors (Lipinski definition) is 1. The van der Waals surface area contributed by atoms with Crippen LogP contribution in [0.25, 0.3) is 6.08 Å². The number of ether oxygens (including phenoxy) is 3. The molecule has 4 rings (SSSR count). The van der Waals surface area contributed by atoms with Gasteiger partial charge in [-0.2, -0.15) is 0 Å². The molecule has 2 aliphatic rings. The van der Waals surface area contributed by atoms with E-state index in [1.54, 1.807) is 39.2 Å². The lowest BCUT2D eigenvalue weighted by atomic mass is 9.96. The third kappa shape index (κ3) is 2.74. The summed E-state index contributed by atoms with van der Waals surface area (Å²) in [6.45, 7) is 3.43. The number of carbonyl (C=O) groups excluding carboxylic acids is 1. The number of fused-ring (bicyclic) bond motifs is 3. The number of allylic oxidation sites excluding steroid dienone is 1. The van der Waals surface area contributed by atoms with Crippen LogP contribution in [0, 0.1) is 0 Å². The van der Waals surface area contributed by atoms with Gasteiger partial charge in [0.05, 0.1) is 18.3 Å². The molecule has 5 nitrogen and oxygen atoms in total. The third-order valence-electron chi connectivity index (χ3n) is 4.76. The number of carbonyl (C=O) groups is 1. The molecule has 0 fully saturated rings. The van der Waals surface area contributed by atoms with E-state index in [-0.39, 0.29) is 17.6 Å². The number of ketones is 1. The molecular formula is C21H20O5. The molecule has 2 heterocycles. The van der Waals surface area contributed by atoms with Crippen LogP contribution >= 0.6 is 0 Å². The zero-order chi connectivity index (χ0) is 18.5. The van der Waals surface area contributed by atoms with Gasteiger partial charge in [-0.1, -0.05) is 12.1 Å². The maximum Gasteiger partial charge on any atom is 0.231 e. The van der Waals surface area contributed by atoms with Gasteiger partial charge < -0.3 is 19.3 Å². The van der Waals surface area contributed by atoms with E-state index in [0.717, 1.165) is 16.9 Å². The Morgan fingerprint density at radius 2 is 1.92 bits per heavy atom. The largest absolute Gasteiger partial charge is 0.497 e. The maximum atomic E-state index is 12.7. The Bertz CT molecular complexity index is 903. The Morgan fingerprint density at radius 3 is 2.58 bits per heavy atom. The fourth-order valence-electron chi connectivity index (χ4n) is 3.22. The van der Waals surface area contributed by atoms with Crippen molar-refractivity contribution in [2.75, 3.05) is 7.11 Å². The summed E-state index contributed by atoms with van der Waals surface area (Å²) in [5, 5.41) is 10.2. The van der Waals surface area contributed by atoms with Crippen molar-refractivity contribution in [1.29, 1.82) is 0 Å². The molecule has 0 saturated heterocycles. The molecule has 1 atom stereocenters. The van der Waals surface area contributed by atoms with Gasteiger partial charge in [-0.25, -0.2) is 0 Å². The van der Waals surface area contributed by atoms with Gasteiger partial charge in [0, 0.05) is 12.0 Å². The summed E-state index contributed by atoms with van der Waals surface area (Å²) in [6.07, 6.45) is 1.86. The molecule has 0 amide bonds. The average molecular weight is 352 g/mol. The van der Waals surface area contributed by atoms with E-state index < -0.39 is 5.60 Å². The average Bonchev–Trinajstić information content (AvgIpc) is 3.18. The summed E-state index contributed by atoms with van der Waals surface area (Å²) in [5.41, 5.74) is 1.24. The molecule has 2 aliphatic heterocycles. The predicted octanol–water partition coefficient (Wildman–Crippen LogP) is 3.39. The van der Waals surface area contributed by atoms with Gasteiger partial charge >= 0.3 is 0 Å². The van der Waals surface area contributed by atoms with Crippen molar-refractivity contribution in [3.8, 4) is 17.2 Å². The second kappa shape index (κ2) is 5.88. The Kier molecular flexibility index (Phi) is 3.77. The van der Waals surface area contributed by atoms with Crippen LogP contribution in [0.3, 0.4) is 0 Å². The summed E-state index contributed by atoms with van der Waals surface area (Å²) < 4.78 is 16.9. The molecule has 0 spiro atoms. The topological polar surface area (TPSA) is 65.0 Å². The molecule has 1 N–H and O–H groups in total. The van der Waals surface area contributed by atoms with Crippen LogP contribution in [0.2, 0.25) is 0 Å². The molecule has 0 unspecified atom stereocenters. The third-order valence-corrected chi connectivity index (χ3v) is 4.76. The molecule has 5 heteroatoms. The minimum Gasteiger partial charge on any atom is -0.497 e. The number of Topliss-reactive ketones (excluding diaryl/α,β-unsaturated/α-hetero) is 1. The highest BCUT2D eigenvalue weighted by Crippen LogP contribution is 2.45. The van der Waals surface area contributed by atoms with E-state index >= 15 is 0 Å². The molecule has 2 aromatic carbocycles. The lowest BCUT2D eigenvalue weighted by Crippen LogP contribution is -2.39. The normalized spacial score (nSPS) is 19.8. The smallest absolute Gasteiger partial charge is 0.231 e. The summed E-state index contributed by atoms with van der Waals surface area (Å²) >= 11 is 0. The first-order chi connectivity index (χ1) is 12.4. The van der Waals surface area contributed by atoms with Gasteiger partial charge in [-0.15, -0.1) is 0 Å². The Morgan fingerprint density at radius 1 is 1.19 bits per heavy atom. The number of methoxy groups -OCH3 is 1. The molecule has 26 heavy (non-hydrogen) atoms. The summed E-state index contributed by atoms with van der Waals surface area (Å²) in [6, 6.07) is 10.9. The van der Waals surface area contributed by atoms with Crippen molar-refractivity contribution in [3.05, 3.63) is 58.8 Å². The van der Waals surface area contributed by atoms with E-state index in [0.29, 0.717) is 23.5 Å². The SMILES string of the molecule is COc1ccc(/C=C2\Oc3c(ccc4c3C[C@H](C(C)(C)O)O4)C2=O)cc1. The van der Waals surface area contributed by atoms with Gasteiger partial charge in [0.1, 0.15) is 23.4 Å². The molecule has 134 valence electrons. The summed E-state index contributed by atoms with van der Waals surface area (Å²) in [7, 11) is 1.61. The summed E-state index contributed by atoms with van der Waals surface area (Å²) in [4.78, 5) is 12.7. The van der Waals surface area contributed by atoms with E-state index in [9.17, 15) is 9.90 Å². The second-order valence-electron chi connectivity index (χ2n) is 7.10. The lowest BCUT2D eigenvalue weighted by Gasteiger charge is -2.24. The first kappa shape index (κ1) is 16.7. The van der Waals surface area contributed by atoms with Crippen molar-refractivity contribution in [2.24, 2.45) is 0 Å². The summed E-state index contributed by atoms with van der Waals surface area (Å²) in [5.74, 6) is 2.09. The van der Waals surface area contributed by atoms with Crippen molar-refractivity contribution >= 4 is 11.9 Å². The fraction of sp³-hybridized carbons (Fsp3) is 0.286. The van der Waals surface area contributed by atoms with Gasteiger partial charge in [-0.05, 0) is 49.8 Å². The minimum absolute atomic E-state index is 0.148. The standard InChI is InChI=1S/C21H20O5/c1-21(2,23)18-11-15-16(25-18)9-8-14-19(22)17(26-20(14)15)10-12-4-6-13(24-3)7-5-12/h4-10,18,23H,11H2,1-3H3/b17-10-/t18-/m1/s1. The zero-order valence-electron chi connectivity index (χ0n) is 14.9. The first-order valence-corrected chi connectivity index (χ1v) is 8.50. The van der Waals surface area contributed by atoms with Crippen LogP contribution in [0.1, 0.15) is 35.3 Å². The number of aliphatic hydroxyl groups is 1. The molecule has 0 saturated carbocycles. The van der Waals surface area contributed by atoms with Crippen molar-refractivity contribution in [3.63, 3.8) is 0 Å². The highest BCUT2D eigenvalue weighted by Gasteiger charge is 2.40. The van der Waals surface area contributed by atoms with Crippen molar-refractivity contribution in [2.45, 2.75) is 32.0 Å². The Hall–Kier alpha value is -2.79. The highest BCUT2D eigenvalue weighted by atomic mass is 16.5. The second-order valence-corrected chi connectivity index (χ2v) is 7.10. The molecule has 0 aromatic heterocycles. The van der Waals surface area contributed by atoms with Crippen LogP contribution in [-0.2, 0) is 6.42 Å². The highest BCUT2D eigenvalue weighted by molar-refractivity contribution is 6.15. The number of benzene rings is 2. The number of rotatable bonds is 3. The molecule has 0 aliphatic carbocycles. The van der Waals surface area contributed by atoms with Crippen molar-refractivity contribution < 1.29 is 24.1 Å². The van der Waals surface area contributed by atoms with Crippen LogP contribution in [-0.4, -0.2) is 29.7 Å². The van der Waals surface area contributed by atoms with Crippen molar-refractivity contribution in [1.82, 2.24) is 0 Å². The van der Waals surface area contributed by atoms with Crippen LogP contribution in [0.15, 0.2) is 42.2 Å². The van der Waals surface area contributed by atoms with E-state index in [4.69, 9.17) is 14.2 Å². The predicted molar refractivity (Wildman–Crippen MR) is 96.8 cm³/mol. The molecule has 0 bridgehead atoms. The van der Waals surface area contributed by atoms with E-state index in [1.807, 2.05) is 24.3 Å².